The van der Waals surface area contributed by atoms with E-state index in [2.05, 4.69) is 12.2 Å². The Kier molecular flexibility index (Phi) is 3.29. The van der Waals surface area contributed by atoms with Gasteiger partial charge in [-0.2, -0.15) is 0 Å². The molecular formula is C9H16N2O. The molecule has 1 aliphatic rings. The standard InChI is InChI=1S/C9H16N2O/c1-3-4-9(12)11-6-5-10-7-8(11)2/h3-4,8,10H,5-7H2,1-2H3. The Bertz CT molecular complexity index is 189. The molecule has 1 N–H and O–H groups in total. The van der Waals surface area contributed by atoms with Gasteiger partial charge >= 0.3 is 0 Å². The van der Waals surface area contributed by atoms with Gasteiger partial charge < -0.3 is 10.2 Å². The molecule has 12 heavy (non-hydrogen) atoms. The molecule has 1 atom stereocenters. The fraction of sp³-hybridized carbons (Fsp3) is 0.667. The SMILES string of the molecule is CC=CC(=O)N1CCNCC1C. The van der Waals surface area contributed by atoms with Crippen LogP contribution >= 0.6 is 0 Å². The van der Waals surface area contributed by atoms with Crippen LogP contribution in [0.3, 0.4) is 0 Å². The molecule has 1 amide bonds. The van der Waals surface area contributed by atoms with Crippen LogP contribution in [0, 0.1) is 0 Å². The summed E-state index contributed by atoms with van der Waals surface area (Å²) < 4.78 is 0. The zero-order chi connectivity index (χ0) is 8.97. The van der Waals surface area contributed by atoms with Crippen LogP contribution in [-0.2, 0) is 4.79 Å². The van der Waals surface area contributed by atoms with E-state index in [1.54, 1.807) is 12.2 Å². The van der Waals surface area contributed by atoms with Gasteiger partial charge in [-0.15, -0.1) is 0 Å². The van der Waals surface area contributed by atoms with E-state index in [1.807, 2.05) is 11.8 Å². The van der Waals surface area contributed by atoms with Crippen LogP contribution in [0.1, 0.15) is 13.8 Å². The molecule has 0 spiro atoms. The van der Waals surface area contributed by atoms with E-state index in [4.69, 9.17) is 0 Å². The van der Waals surface area contributed by atoms with Crippen molar-refractivity contribution < 1.29 is 4.79 Å². The molecule has 0 radical (unpaired) electrons. The second-order valence-corrected chi connectivity index (χ2v) is 3.08. The van der Waals surface area contributed by atoms with Crippen LogP contribution in [0.5, 0.6) is 0 Å². The Morgan fingerprint density at radius 3 is 3.00 bits per heavy atom. The van der Waals surface area contributed by atoms with Crippen LogP contribution in [0.15, 0.2) is 12.2 Å². The quantitative estimate of drug-likeness (QED) is 0.574. The first kappa shape index (κ1) is 9.26. The fourth-order valence-electron chi connectivity index (χ4n) is 1.41. The van der Waals surface area contributed by atoms with Crippen molar-refractivity contribution in [2.24, 2.45) is 0 Å². The first-order valence-corrected chi connectivity index (χ1v) is 4.39. The highest BCUT2D eigenvalue weighted by Gasteiger charge is 2.20. The van der Waals surface area contributed by atoms with Crippen molar-refractivity contribution >= 4 is 5.91 Å². The maximum Gasteiger partial charge on any atom is 0.246 e. The van der Waals surface area contributed by atoms with Crippen LogP contribution in [0.4, 0.5) is 0 Å². The maximum absolute atomic E-state index is 11.4. The molecule has 0 saturated carbocycles. The molecule has 0 bridgehead atoms. The summed E-state index contributed by atoms with van der Waals surface area (Å²) in [7, 11) is 0. The Hall–Kier alpha value is -0.830. The van der Waals surface area contributed by atoms with Crippen LogP contribution in [0.25, 0.3) is 0 Å². The number of rotatable bonds is 1. The van der Waals surface area contributed by atoms with Gasteiger partial charge in [0.05, 0.1) is 0 Å². The van der Waals surface area contributed by atoms with Gasteiger partial charge in [-0.05, 0) is 19.9 Å². The Labute approximate surface area is 73.4 Å². The molecule has 0 aromatic rings. The van der Waals surface area contributed by atoms with Crippen molar-refractivity contribution in [3.8, 4) is 0 Å². The lowest BCUT2D eigenvalue weighted by Crippen LogP contribution is -2.51. The Morgan fingerprint density at radius 2 is 2.42 bits per heavy atom. The lowest BCUT2D eigenvalue weighted by atomic mass is 10.2. The number of amides is 1. The van der Waals surface area contributed by atoms with Gasteiger partial charge in [0.2, 0.25) is 5.91 Å². The molecule has 1 aliphatic heterocycles. The lowest BCUT2D eigenvalue weighted by molar-refractivity contribution is -0.128. The summed E-state index contributed by atoms with van der Waals surface area (Å²) >= 11 is 0. The van der Waals surface area contributed by atoms with Gasteiger partial charge in [-0.1, -0.05) is 6.08 Å². The van der Waals surface area contributed by atoms with Crippen LogP contribution < -0.4 is 5.32 Å². The predicted molar refractivity (Wildman–Crippen MR) is 48.9 cm³/mol. The maximum atomic E-state index is 11.4. The molecule has 1 fully saturated rings. The van der Waals surface area contributed by atoms with Crippen molar-refractivity contribution in [3.63, 3.8) is 0 Å². The summed E-state index contributed by atoms with van der Waals surface area (Å²) in [6, 6.07) is 0.322. The first-order chi connectivity index (χ1) is 5.75. The number of nitrogens with zero attached hydrogens (tertiary/aromatic N) is 1. The molecule has 3 nitrogen and oxygen atoms in total. The minimum Gasteiger partial charge on any atom is -0.334 e. The van der Waals surface area contributed by atoms with Gasteiger partial charge in [0.25, 0.3) is 0 Å². The average molecular weight is 168 g/mol. The highest BCUT2D eigenvalue weighted by molar-refractivity contribution is 5.87. The Balaban J connectivity index is 2.53. The highest BCUT2D eigenvalue weighted by atomic mass is 16.2. The van der Waals surface area contributed by atoms with Crippen molar-refractivity contribution in [3.05, 3.63) is 12.2 Å². The van der Waals surface area contributed by atoms with E-state index in [0.717, 1.165) is 19.6 Å². The number of carbonyl (C=O) groups is 1. The smallest absolute Gasteiger partial charge is 0.246 e. The number of nitrogens with one attached hydrogen (secondary N) is 1. The normalized spacial score (nSPS) is 24.8. The number of carbonyl (C=O) groups excluding carboxylic acids is 1. The second kappa shape index (κ2) is 4.26. The lowest BCUT2D eigenvalue weighted by Gasteiger charge is -2.33. The summed E-state index contributed by atoms with van der Waals surface area (Å²) in [5, 5.41) is 3.24. The molecule has 1 saturated heterocycles. The molecule has 0 aromatic carbocycles. The third-order valence-corrected chi connectivity index (χ3v) is 2.09. The minimum absolute atomic E-state index is 0.131. The van der Waals surface area contributed by atoms with Crippen LogP contribution in [0.2, 0.25) is 0 Å². The van der Waals surface area contributed by atoms with Gasteiger partial charge in [0, 0.05) is 25.7 Å². The highest BCUT2D eigenvalue weighted by Crippen LogP contribution is 2.02. The predicted octanol–water partition coefficient (Wildman–Crippen LogP) is 0.383. The average Bonchev–Trinajstić information content (AvgIpc) is 2.05. The van der Waals surface area contributed by atoms with Crippen molar-refractivity contribution in [2.45, 2.75) is 19.9 Å². The van der Waals surface area contributed by atoms with Crippen molar-refractivity contribution in [1.29, 1.82) is 0 Å². The summed E-state index contributed by atoms with van der Waals surface area (Å²) in [4.78, 5) is 13.3. The summed E-state index contributed by atoms with van der Waals surface area (Å²) in [5.41, 5.74) is 0. The molecular weight excluding hydrogens is 152 g/mol. The number of hydrogen-bond acceptors (Lipinski definition) is 2. The molecule has 0 aromatic heterocycles. The fourth-order valence-corrected chi connectivity index (χ4v) is 1.41. The Morgan fingerprint density at radius 1 is 1.67 bits per heavy atom. The molecule has 1 unspecified atom stereocenters. The molecule has 1 heterocycles. The van der Waals surface area contributed by atoms with E-state index in [9.17, 15) is 4.79 Å². The minimum atomic E-state index is 0.131. The van der Waals surface area contributed by atoms with E-state index in [-0.39, 0.29) is 5.91 Å². The van der Waals surface area contributed by atoms with E-state index >= 15 is 0 Å². The molecule has 0 aliphatic carbocycles. The molecule has 68 valence electrons. The summed E-state index contributed by atoms with van der Waals surface area (Å²) in [6.07, 6.45) is 3.42. The van der Waals surface area contributed by atoms with Crippen LogP contribution in [-0.4, -0.2) is 36.5 Å². The van der Waals surface area contributed by atoms with Crippen molar-refractivity contribution in [2.75, 3.05) is 19.6 Å². The van der Waals surface area contributed by atoms with Gasteiger partial charge in [-0.3, -0.25) is 4.79 Å². The third kappa shape index (κ3) is 2.08. The number of allylic oxidation sites excluding steroid dienone is 1. The number of hydrogen-bond donors (Lipinski definition) is 1. The summed E-state index contributed by atoms with van der Waals surface area (Å²) in [6.45, 7) is 6.57. The molecule has 3 heteroatoms. The second-order valence-electron chi connectivity index (χ2n) is 3.08. The zero-order valence-corrected chi connectivity index (χ0v) is 7.71. The van der Waals surface area contributed by atoms with Gasteiger partial charge in [0.1, 0.15) is 0 Å². The number of piperazine rings is 1. The zero-order valence-electron chi connectivity index (χ0n) is 7.71. The topological polar surface area (TPSA) is 32.3 Å². The largest absolute Gasteiger partial charge is 0.334 e. The first-order valence-electron chi connectivity index (χ1n) is 4.39. The van der Waals surface area contributed by atoms with E-state index < -0.39 is 0 Å². The monoisotopic (exact) mass is 168 g/mol. The summed E-state index contributed by atoms with van der Waals surface area (Å²) in [5.74, 6) is 0.131. The van der Waals surface area contributed by atoms with Gasteiger partial charge in [-0.25, -0.2) is 0 Å². The van der Waals surface area contributed by atoms with E-state index in [0.29, 0.717) is 6.04 Å². The van der Waals surface area contributed by atoms with Gasteiger partial charge in [0.15, 0.2) is 0 Å². The molecule has 1 rings (SSSR count). The van der Waals surface area contributed by atoms with E-state index in [1.165, 1.54) is 0 Å². The van der Waals surface area contributed by atoms with Crippen molar-refractivity contribution in [1.82, 2.24) is 10.2 Å². The third-order valence-electron chi connectivity index (χ3n) is 2.09.